The maximum atomic E-state index is 10.4. The summed E-state index contributed by atoms with van der Waals surface area (Å²) in [6, 6.07) is 0. The number of rotatable bonds is 7. The summed E-state index contributed by atoms with van der Waals surface area (Å²) in [5.74, 6) is 0. The van der Waals surface area contributed by atoms with Gasteiger partial charge in [-0.15, -0.1) is 0 Å². The molecule has 1 fully saturated rings. The van der Waals surface area contributed by atoms with Crippen LogP contribution in [0.5, 0.6) is 0 Å². The highest BCUT2D eigenvalue weighted by Crippen LogP contribution is 2.40. The number of aliphatic hydroxyl groups excluding tert-OH is 2. The lowest BCUT2D eigenvalue weighted by Crippen LogP contribution is -2.55. The van der Waals surface area contributed by atoms with E-state index in [9.17, 15) is 15.3 Å². The second-order valence-corrected chi connectivity index (χ2v) is 4.90. The molecule has 0 radical (unpaired) electrons. The molecule has 3 N–H and O–H groups in total. The molecule has 1 aliphatic rings. The highest BCUT2D eigenvalue weighted by atomic mass is 16.7. The third kappa shape index (κ3) is 2.68. The fraction of sp³-hybridized carbons (Fsp3) is 1.00. The number of hydrogen-bond acceptors (Lipinski definition) is 6. The Morgan fingerprint density at radius 1 is 1.28 bits per heavy atom. The Labute approximate surface area is 107 Å². The topological polar surface area (TPSA) is 88.4 Å². The highest BCUT2D eigenvalue weighted by Gasteiger charge is 2.62. The molecule has 0 aromatic heterocycles. The Morgan fingerprint density at radius 3 is 2.33 bits per heavy atom. The molecule has 0 aromatic rings. The molecular weight excluding hydrogens is 240 g/mol. The summed E-state index contributed by atoms with van der Waals surface area (Å²) < 4.78 is 16.1. The first kappa shape index (κ1) is 15.8. The van der Waals surface area contributed by atoms with E-state index in [4.69, 9.17) is 14.2 Å². The summed E-state index contributed by atoms with van der Waals surface area (Å²) in [5, 5.41) is 29.3. The van der Waals surface area contributed by atoms with E-state index in [1.54, 1.807) is 0 Å². The second kappa shape index (κ2) is 6.27. The monoisotopic (exact) mass is 264 g/mol. The standard InChI is InChI=1S/C12H24O6/c1-4-5-6-17-9-11(2,15)10(16-3)18-12(9,7-13)8-14/h9-10,13-15H,4-8H2,1-3H3/t9-,10-,11?/m0/s1. The number of aliphatic hydroxyl groups is 3. The van der Waals surface area contributed by atoms with Crippen molar-refractivity contribution in [1.29, 1.82) is 0 Å². The molecule has 1 aliphatic heterocycles. The SMILES string of the molecule is CCCCO[C@@H]1C(CO)(CO)O[C@H](OC)C1(C)O. The van der Waals surface area contributed by atoms with Crippen LogP contribution in [0.3, 0.4) is 0 Å². The molecule has 0 spiro atoms. The molecule has 0 aromatic carbocycles. The number of methoxy groups -OCH3 is 1. The Kier molecular flexibility index (Phi) is 5.51. The maximum absolute atomic E-state index is 10.4. The van der Waals surface area contributed by atoms with E-state index in [1.165, 1.54) is 14.0 Å². The van der Waals surface area contributed by atoms with Crippen molar-refractivity contribution in [2.24, 2.45) is 0 Å². The van der Waals surface area contributed by atoms with Crippen molar-refractivity contribution < 1.29 is 29.5 Å². The normalized spacial score (nSPS) is 35.0. The van der Waals surface area contributed by atoms with Crippen molar-refractivity contribution in [1.82, 2.24) is 0 Å². The minimum absolute atomic E-state index is 0.429. The Bertz CT molecular complexity index is 251. The van der Waals surface area contributed by atoms with E-state index in [0.29, 0.717) is 6.61 Å². The highest BCUT2D eigenvalue weighted by molar-refractivity contribution is 5.07. The van der Waals surface area contributed by atoms with Gasteiger partial charge in [-0.3, -0.25) is 0 Å². The first-order valence-electron chi connectivity index (χ1n) is 6.24. The first-order chi connectivity index (χ1) is 8.48. The molecule has 0 aliphatic carbocycles. The van der Waals surface area contributed by atoms with Crippen LogP contribution in [0.1, 0.15) is 26.7 Å². The fourth-order valence-corrected chi connectivity index (χ4v) is 2.29. The largest absolute Gasteiger partial charge is 0.393 e. The summed E-state index contributed by atoms with van der Waals surface area (Å²) in [6.07, 6.45) is 0.00573. The van der Waals surface area contributed by atoms with Crippen molar-refractivity contribution in [2.45, 2.75) is 50.3 Å². The van der Waals surface area contributed by atoms with Gasteiger partial charge in [-0.1, -0.05) is 13.3 Å². The minimum Gasteiger partial charge on any atom is -0.393 e. The Balaban J connectivity index is 2.89. The molecule has 0 amide bonds. The van der Waals surface area contributed by atoms with Gasteiger partial charge in [0.15, 0.2) is 6.29 Å². The molecule has 18 heavy (non-hydrogen) atoms. The second-order valence-electron chi connectivity index (χ2n) is 4.90. The molecule has 3 atom stereocenters. The molecule has 0 bridgehead atoms. The molecule has 1 rings (SSSR count). The number of ether oxygens (including phenoxy) is 3. The van der Waals surface area contributed by atoms with Crippen molar-refractivity contribution in [3.05, 3.63) is 0 Å². The van der Waals surface area contributed by atoms with Gasteiger partial charge in [0.1, 0.15) is 17.3 Å². The molecule has 1 heterocycles. The van der Waals surface area contributed by atoms with Crippen LogP contribution in [0, 0.1) is 0 Å². The van der Waals surface area contributed by atoms with E-state index in [1.807, 2.05) is 6.92 Å². The van der Waals surface area contributed by atoms with Gasteiger partial charge in [0, 0.05) is 13.7 Å². The minimum atomic E-state index is -1.42. The zero-order valence-corrected chi connectivity index (χ0v) is 11.3. The van der Waals surface area contributed by atoms with Gasteiger partial charge in [-0.2, -0.15) is 0 Å². The van der Waals surface area contributed by atoms with Crippen LogP contribution in [0.15, 0.2) is 0 Å². The molecule has 1 unspecified atom stereocenters. The van der Waals surface area contributed by atoms with Gasteiger partial charge < -0.3 is 29.5 Å². The molecule has 1 saturated heterocycles. The number of unbranched alkanes of at least 4 members (excludes halogenated alkanes) is 1. The lowest BCUT2D eigenvalue weighted by Gasteiger charge is -2.34. The van der Waals surface area contributed by atoms with Gasteiger partial charge in [0.2, 0.25) is 0 Å². The van der Waals surface area contributed by atoms with Crippen molar-refractivity contribution in [2.75, 3.05) is 26.9 Å². The smallest absolute Gasteiger partial charge is 0.189 e. The average molecular weight is 264 g/mol. The van der Waals surface area contributed by atoms with Crippen LogP contribution >= 0.6 is 0 Å². The lowest BCUT2D eigenvalue weighted by atomic mass is 9.88. The van der Waals surface area contributed by atoms with Gasteiger partial charge >= 0.3 is 0 Å². The molecular formula is C12H24O6. The summed E-state index contributed by atoms with van der Waals surface area (Å²) in [4.78, 5) is 0. The van der Waals surface area contributed by atoms with Crippen LogP contribution in [-0.4, -0.2) is 65.8 Å². The van der Waals surface area contributed by atoms with E-state index >= 15 is 0 Å². The summed E-state index contributed by atoms with van der Waals surface area (Å²) in [5.41, 5.74) is -2.76. The molecule has 6 heteroatoms. The zero-order valence-electron chi connectivity index (χ0n) is 11.3. The van der Waals surface area contributed by atoms with Crippen molar-refractivity contribution >= 4 is 0 Å². The zero-order chi connectivity index (χ0) is 13.8. The predicted octanol–water partition coefficient (Wildman–Crippen LogP) is -0.351. The molecule has 0 saturated carbocycles. The summed E-state index contributed by atoms with van der Waals surface area (Å²) in [7, 11) is 1.40. The van der Waals surface area contributed by atoms with Crippen LogP contribution in [0.25, 0.3) is 0 Å². The maximum Gasteiger partial charge on any atom is 0.189 e. The van der Waals surface area contributed by atoms with Crippen LogP contribution in [0.2, 0.25) is 0 Å². The van der Waals surface area contributed by atoms with Crippen LogP contribution < -0.4 is 0 Å². The fourth-order valence-electron chi connectivity index (χ4n) is 2.29. The number of hydrogen-bond donors (Lipinski definition) is 3. The average Bonchev–Trinajstić information content (AvgIpc) is 2.59. The van der Waals surface area contributed by atoms with E-state index in [0.717, 1.165) is 12.8 Å². The predicted molar refractivity (Wildman–Crippen MR) is 64.1 cm³/mol. The van der Waals surface area contributed by atoms with Gasteiger partial charge in [-0.05, 0) is 13.3 Å². The van der Waals surface area contributed by atoms with E-state index in [2.05, 4.69) is 0 Å². The van der Waals surface area contributed by atoms with Crippen LogP contribution in [-0.2, 0) is 14.2 Å². The van der Waals surface area contributed by atoms with Gasteiger partial charge in [0.25, 0.3) is 0 Å². The quantitative estimate of drug-likeness (QED) is 0.545. The molecule has 6 nitrogen and oxygen atoms in total. The first-order valence-corrected chi connectivity index (χ1v) is 6.24. The van der Waals surface area contributed by atoms with Crippen molar-refractivity contribution in [3.8, 4) is 0 Å². The van der Waals surface area contributed by atoms with Gasteiger partial charge in [0.05, 0.1) is 13.2 Å². The third-order valence-corrected chi connectivity index (χ3v) is 3.36. The van der Waals surface area contributed by atoms with Crippen molar-refractivity contribution in [3.63, 3.8) is 0 Å². The van der Waals surface area contributed by atoms with Gasteiger partial charge in [-0.25, -0.2) is 0 Å². The van der Waals surface area contributed by atoms with E-state index in [-0.39, 0.29) is 0 Å². The Hall–Kier alpha value is -0.240. The Morgan fingerprint density at radius 2 is 1.89 bits per heavy atom. The lowest BCUT2D eigenvalue weighted by molar-refractivity contribution is -0.211. The molecule has 108 valence electrons. The van der Waals surface area contributed by atoms with E-state index < -0.39 is 36.8 Å². The summed E-state index contributed by atoms with van der Waals surface area (Å²) >= 11 is 0. The summed E-state index contributed by atoms with van der Waals surface area (Å²) in [6.45, 7) is 3.08. The van der Waals surface area contributed by atoms with Crippen LogP contribution in [0.4, 0.5) is 0 Å². The third-order valence-electron chi connectivity index (χ3n) is 3.36.